The van der Waals surface area contributed by atoms with Crippen molar-refractivity contribution in [3.05, 3.63) is 83.7 Å². The molecule has 0 amide bonds. The van der Waals surface area contributed by atoms with Gasteiger partial charge in [0, 0.05) is 6.21 Å². The summed E-state index contributed by atoms with van der Waals surface area (Å²) in [6, 6.07) is 19.4. The number of methoxy groups -OCH3 is 1. The van der Waals surface area contributed by atoms with Gasteiger partial charge < -0.3 is 14.2 Å². The van der Waals surface area contributed by atoms with Gasteiger partial charge in [0.1, 0.15) is 18.2 Å². The lowest BCUT2D eigenvalue weighted by atomic mass is 10.2. The average molecular weight is 379 g/mol. The Hall–Kier alpha value is -3.34. The van der Waals surface area contributed by atoms with Gasteiger partial charge in [-0.3, -0.25) is 4.99 Å². The van der Waals surface area contributed by atoms with Crippen LogP contribution in [0.1, 0.15) is 18.1 Å². The summed E-state index contributed by atoms with van der Waals surface area (Å²) in [7, 11) is 1.59. The van der Waals surface area contributed by atoms with E-state index in [1.54, 1.807) is 25.5 Å². The Morgan fingerprint density at radius 3 is 2.32 bits per heavy atom. The van der Waals surface area contributed by atoms with Crippen LogP contribution in [-0.4, -0.2) is 19.9 Å². The summed E-state index contributed by atoms with van der Waals surface area (Å²) in [5, 5.41) is 0. The van der Waals surface area contributed by atoms with Crippen molar-refractivity contribution in [3.63, 3.8) is 0 Å². The fraction of sp³-hybridized carbons (Fsp3) is 0.174. The average Bonchev–Trinajstić information content (AvgIpc) is 2.73. The summed E-state index contributed by atoms with van der Waals surface area (Å²) in [6.45, 7) is 2.92. The zero-order valence-electron chi connectivity index (χ0n) is 15.9. The number of aliphatic imine (C=N–C) groups is 1. The SMILES string of the molecule is CCOc1ccc(N=Cc2ccc(OCc3ccc(F)cc3)c(OC)c2)cc1. The molecule has 0 radical (unpaired) electrons. The van der Waals surface area contributed by atoms with Gasteiger partial charge in [-0.15, -0.1) is 0 Å². The van der Waals surface area contributed by atoms with Crippen molar-refractivity contribution in [2.24, 2.45) is 4.99 Å². The highest BCUT2D eigenvalue weighted by atomic mass is 19.1. The van der Waals surface area contributed by atoms with Crippen LogP contribution in [0.4, 0.5) is 10.1 Å². The molecule has 0 aliphatic rings. The van der Waals surface area contributed by atoms with Crippen LogP contribution in [0.25, 0.3) is 0 Å². The number of hydrogen-bond acceptors (Lipinski definition) is 4. The summed E-state index contributed by atoms with van der Waals surface area (Å²) in [5.74, 6) is 1.78. The second kappa shape index (κ2) is 9.55. The van der Waals surface area contributed by atoms with Crippen molar-refractivity contribution in [2.75, 3.05) is 13.7 Å². The normalized spacial score (nSPS) is 10.8. The van der Waals surface area contributed by atoms with E-state index in [0.29, 0.717) is 24.7 Å². The van der Waals surface area contributed by atoms with Crippen LogP contribution in [-0.2, 0) is 6.61 Å². The van der Waals surface area contributed by atoms with Gasteiger partial charge in [0.25, 0.3) is 0 Å². The van der Waals surface area contributed by atoms with E-state index < -0.39 is 0 Å². The van der Waals surface area contributed by atoms with E-state index in [1.807, 2.05) is 49.4 Å². The Labute approximate surface area is 164 Å². The Morgan fingerprint density at radius 2 is 1.64 bits per heavy atom. The van der Waals surface area contributed by atoms with Crippen LogP contribution in [0.15, 0.2) is 71.7 Å². The molecule has 4 nitrogen and oxygen atoms in total. The van der Waals surface area contributed by atoms with E-state index in [4.69, 9.17) is 14.2 Å². The highest BCUT2D eigenvalue weighted by Gasteiger charge is 2.06. The van der Waals surface area contributed by atoms with Crippen molar-refractivity contribution in [2.45, 2.75) is 13.5 Å². The summed E-state index contributed by atoms with van der Waals surface area (Å²) in [5.41, 5.74) is 2.60. The number of rotatable bonds is 8. The lowest BCUT2D eigenvalue weighted by molar-refractivity contribution is 0.284. The first kappa shape index (κ1) is 19.4. The molecule has 3 rings (SSSR count). The number of benzene rings is 3. The van der Waals surface area contributed by atoms with Gasteiger partial charge in [-0.1, -0.05) is 12.1 Å². The lowest BCUT2D eigenvalue weighted by Gasteiger charge is -2.11. The van der Waals surface area contributed by atoms with Gasteiger partial charge in [0.05, 0.1) is 19.4 Å². The maximum absolute atomic E-state index is 13.0. The van der Waals surface area contributed by atoms with Gasteiger partial charge >= 0.3 is 0 Å². The Bertz CT molecular complexity index is 922. The van der Waals surface area contributed by atoms with E-state index in [0.717, 1.165) is 22.6 Å². The molecule has 0 aliphatic heterocycles. The fourth-order valence-electron chi connectivity index (χ4n) is 2.57. The predicted molar refractivity (Wildman–Crippen MR) is 109 cm³/mol. The zero-order valence-corrected chi connectivity index (χ0v) is 15.9. The van der Waals surface area contributed by atoms with E-state index >= 15 is 0 Å². The minimum absolute atomic E-state index is 0.266. The maximum atomic E-state index is 13.0. The molecule has 0 atom stereocenters. The summed E-state index contributed by atoms with van der Waals surface area (Å²) >= 11 is 0. The molecule has 0 N–H and O–H groups in total. The van der Waals surface area contributed by atoms with Crippen molar-refractivity contribution in [1.29, 1.82) is 0 Å². The van der Waals surface area contributed by atoms with Crippen LogP contribution in [0.2, 0.25) is 0 Å². The molecule has 0 saturated carbocycles. The molecule has 3 aromatic rings. The minimum atomic E-state index is -0.266. The molecule has 0 unspecified atom stereocenters. The Balaban J connectivity index is 1.67. The summed E-state index contributed by atoms with van der Waals surface area (Å²) in [6.07, 6.45) is 1.77. The molecule has 0 aliphatic carbocycles. The Morgan fingerprint density at radius 1 is 0.893 bits per heavy atom. The minimum Gasteiger partial charge on any atom is -0.494 e. The predicted octanol–water partition coefficient (Wildman–Crippen LogP) is 5.56. The number of ether oxygens (including phenoxy) is 3. The van der Waals surface area contributed by atoms with E-state index in [1.165, 1.54) is 12.1 Å². The first-order valence-electron chi connectivity index (χ1n) is 9.00. The van der Waals surface area contributed by atoms with Gasteiger partial charge in [0.2, 0.25) is 0 Å². The van der Waals surface area contributed by atoms with E-state index in [-0.39, 0.29) is 5.82 Å². The van der Waals surface area contributed by atoms with E-state index in [2.05, 4.69) is 4.99 Å². The van der Waals surface area contributed by atoms with Crippen LogP contribution < -0.4 is 14.2 Å². The number of halogens is 1. The van der Waals surface area contributed by atoms with Gasteiger partial charge in [-0.2, -0.15) is 0 Å². The van der Waals surface area contributed by atoms with Gasteiger partial charge in [0.15, 0.2) is 11.5 Å². The highest BCUT2D eigenvalue weighted by molar-refractivity contribution is 5.83. The van der Waals surface area contributed by atoms with Crippen LogP contribution in [0.5, 0.6) is 17.2 Å². The van der Waals surface area contributed by atoms with Crippen LogP contribution in [0.3, 0.4) is 0 Å². The lowest BCUT2D eigenvalue weighted by Crippen LogP contribution is -1.98. The molecule has 0 saturated heterocycles. The fourth-order valence-corrected chi connectivity index (χ4v) is 2.57. The Kier molecular flexibility index (Phi) is 6.63. The molecule has 5 heteroatoms. The third kappa shape index (κ3) is 5.33. The maximum Gasteiger partial charge on any atom is 0.161 e. The standard InChI is InChI=1S/C23H22FNO3/c1-3-27-21-11-9-20(10-12-21)25-15-18-6-13-22(23(14-18)26-2)28-16-17-4-7-19(24)8-5-17/h4-15H,3,16H2,1-2H3. The second-order valence-corrected chi connectivity index (χ2v) is 6.01. The summed E-state index contributed by atoms with van der Waals surface area (Å²) in [4.78, 5) is 4.47. The van der Waals surface area contributed by atoms with Crippen molar-refractivity contribution in [3.8, 4) is 17.2 Å². The molecule has 0 fully saturated rings. The molecule has 3 aromatic carbocycles. The third-order valence-corrected chi connectivity index (χ3v) is 4.01. The van der Waals surface area contributed by atoms with Crippen molar-refractivity contribution < 1.29 is 18.6 Å². The first-order valence-corrected chi connectivity index (χ1v) is 9.00. The molecule has 0 spiro atoms. The number of hydrogen-bond donors (Lipinski definition) is 0. The molecule has 28 heavy (non-hydrogen) atoms. The largest absolute Gasteiger partial charge is 0.494 e. The van der Waals surface area contributed by atoms with E-state index in [9.17, 15) is 4.39 Å². The first-order chi connectivity index (χ1) is 13.7. The smallest absolute Gasteiger partial charge is 0.161 e. The van der Waals surface area contributed by atoms with Crippen molar-refractivity contribution >= 4 is 11.9 Å². The topological polar surface area (TPSA) is 40.0 Å². The van der Waals surface area contributed by atoms with Gasteiger partial charge in [-0.25, -0.2) is 4.39 Å². The molecule has 0 heterocycles. The summed E-state index contributed by atoms with van der Waals surface area (Å²) < 4.78 is 29.6. The van der Waals surface area contributed by atoms with Crippen molar-refractivity contribution in [1.82, 2.24) is 0 Å². The molecule has 0 aromatic heterocycles. The van der Waals surface area contributed by atoms with Gasteiger partial charge in [-0.05, 0) is 72.6 Å². The third-order valence-electron chi connectivity index (χ3n) is 4.01. The second-order valence-electron chi connectivity index (χ2n) is 6.01. The molecule has 144 valence electrons. The molecular formula is C23H22FNO3. The number of nitrogens with zero attached hydrogens (tertiary/aromatic N) is 1. The highest BCUT2D eigenvalue weighted by Crippen LogP contribution is 2.28. The van der Waals surface area contributed by atoms with Crippen LogP contribution >= 0.6 is 0 Å². The van der Waals surface area contributed by atoms with Crippen LogP contribution in [0, 0.1) is 5.82 Å². The zero-order chi connectivity index (χ0) is 19.8. The monoisotopic (exact) mass is 379 g/mol. The molecular weight excluding hydrogens is 357 g/mol. The molecule has 0 bridgehead atoms. The quantitative estimate of drug-likeness (QED) is 0.481.